The Morgan fingerprint density at radius 3 is 2.46 bits per heavy atom. The third-order valence-electron chi connectivity index (χ3n) is 5.08. The van der Waals surface area contributed by atoms with Crippen LogP contribution in [0.5, 0.6) is 5.75 Å². The summed E-state index contributed by atoms with van der Waals surface area (Å²) < 4.78 is 10.9. The van der Waals surface area contributed by atoms with E-state index in [9.17, 15) is 4.79 Å². The van der Waals surface area contributed by atoms with Gasteiger partial charge in [-0.15, -0.1) is 0 Å². The molecule has 4 nitrogen and oxygen atoms in total. The van der Waals surface area contributed by atoms with Crippen molar-refractivity contribution in [2.75, 3.05) is 19.0 Å². The lowest BCUT2D eigenvalue weighted by Gasteiger charge is -2.09. The molecule has 1 amide bonds. The maximum absolute atomic E-state index is 12.0. The number of hydrogen-bond acceptors (Lipinski definition) is 3. The number of hydrogen-bond donors (Lipinski definition) is 1. The zero-order valence-electron chi connectivity index (χ0n) is 16.3. The Kier molecular flexibility index (Phi) is 10.2. The molecule has 1 saturated heterocycles. The zero-order chi connectivity index (χ0) is 18.5. The first-order valence-electron chi connectivity index (χ1n) is 10.3. The number of amides is 1. The highest BCUT2D eigenvalue weighted by atomic mass is 16.5. The Hall–Kier alpha value is -1.55. The highest BCUT2D eigenvalue weighted by molar-refractivity contribution is 5.92. The van der Waals surface area contributed by atoms with E-state index in [4.69, 9.17) is 9.47 Å². The van der Waals surface area contributed by atoms with Gasteiger partial charge in [0, 0.05) is 13.0 Å². The molecule has 0 bridgehead atoms. The van der Waals surface area contributed by atoms with Crippen LogP contribution >= 0.6 is 0 Å². The number of methoxy groups -OCH3 is 1. The highest BCUT2D eigenvalue weighted by Gasteiger charge is 2.14. The van der Waals surface area contributed by atoms with E-state index in [-0.39, 0.29) is 5.91 Å². The second-order valence-electron chi connectivity index (χ2n) is 7.25. The summed E-state index contributed by atoms with van der Waals surface area (Å²) >= 11 is 0. The van der Waals surface area contributed by atoms with Crippen LogP contribution in [0.1, 0.15) is 77.0 Å². The maximum atomic E-state index is 12.0. The Morgan fingerprint density at radius 2 is 1.77 bits per heavy atom. The molecular weight excluding hydrogens is 326 g/mol. The van der Waals surface area contributed by atoms with Crippen LogP contribution < -0.4 is 10.1 Å². The third-order valence-corrected chi connectivity index (χ3v) is 5.08. The second kappa shape index (κ2) is 12.7. The van der Waals surface area contributed by atoms with Crippen molar-refractivity contribution < 1.29 is 14.3 Å². The molecule has 0 unspecified atom stereocenters. The van der Waals surface area contributed by atoms with Crippen LogP contribution in [0.15, 0.2) is 24.3 Å². The summed E-state index contributed by atoms with van der Waals surface area (Å²) in [7, 11) is 1.62. The molecule has 0 aromatic heterocycles. The van der Waals surface area contributed by atoms with Crippen LogP contribution in [0.4, 0.5) is 5.69 Å². The minimum atomic E-state index is 0.0728. The Bertz CT molecular complexity index is 512. The van der Waals surface area contributed by atoms with Crippen molar-refractivity contribution in [3.05, 3.63) is 24.3 Å². The van der Waals surface area contributed by atoms with Crippen LogP contribution in [0.3, 0.4) is 0 Å². The maximum Gasteiger partial charge on any atom is 0.224 e. The first kappa shape index (κ1) is 20.8. The molecule has 1 heterocycles. The van der Waals surface area contributed by atoms with E-state index in [1.165, 1.54) is 57.8 Å². The molecule has 1 aromatic carbocycles. The molecule has 2 rings (SSSR count). The van der Waals surface area contributed by atoms with Gasteiger partial charge in [-0.2, -0.15) is 0 Å². The molecule has 1 aliphatic rings. The fourth-order valence-corrected chi connectivity index (χ4v) is 3.55. The Labute approximate surface area is 158 Å². The van der Waals surface area contributed by atoms with Gasteiger partial charge in [0.2, 0.25) is 5.91 Å². The summed E-state index contributed by atoms with van der Waals surface area (Å²) in [6, 6.07) is 7.53. The summed E-state index contributed by atoms with van der Waals surface area (Å²) in [4.78, 5) is 12.0. The molecule has 1 atom stereocenters. The summed E-state index contributed by atoms with van der Waals surface area (Å²) in [5.74, 6) is 0.781. The first-order valence-corrected chi connectivity index (χ1v) is 10.3. The number of unbranched alkanes of at least 4 members (excludes halogenated alkanes) is 7. The second-order valence-corrected chi connectivity index (χ2v) is 7.25. The lowest BCUT2D eigenvalue weighted by Crippen LogP contribution is -2.11. The Balaban J connectivity index is 1.41. The molecule has 0 saturated carbocycles. The number of carbonyl (C=O) groups is 1. The number of para-hydroxylation sites is 2. The smallest absolute Gasteiger partial charge is 0.224 e. The molecule has 1 N–H and O–H groups in total. The molecule has 0 spiro atoms. The molecule has 4 heteroatoms. The van der Waals surface area contributed by atoms with E-state index in [1.54, 1.807) is 7.11 Å². The minimum Gasteiger partial charge on any atom is -0.495 e. The molecule has 146 valence electrons. The molecule has 0 aliphatic carbocycles. The van der Waals surface area contributed by atoms with Gasteiger partial charge in [-0.25, -0.2) is 0 Å². The molecular formula is C22H35NO3. The topological polar surface area (TPSA) is 47.6 Å². The van der Waals surface area contributed by atoms with Gasteiger partial charge in [0.15, 0.2) is 0 Å². The van der Waals surface area contributed by atoms with Crippen LogP contribution in [0, 0.1) is 0 Å². The minimum absolute atomic E-state index is 0.0728. The zero-order valence-corrected chi connectivity index (χ0v) is 16.3. The van der Waals surface area contributed by atoms with E-state index in [2.05, 4.69) is 5.32 Å². The molecule has 26 heavy (non-hydrogen) atoms. The lowest BCUT2D eigenvalue weighted by molar-refractivity contribution is -0.116. The lowest BCUT2D eigenvalue weighted by atomic mass is 10.0. The molecule has 0 radical (unpaired) electrons. The van der Waals surface area contributed by atoms with Crippen LogP contribution in [-0.2, 0) is 9.53 Å². The van der Waals surface area contributed by atoms with E-state index >= 15 is 0 Å². The highest BCUT2D eigenvalue weighted by Crippen LogP contribution is 2.23. The van der Waals surface area contributed by atoms with Gasteiger partial charge in [0.1, 0.15) is 5.75 Å². The predicted molar refractivity (Wildman–Crippen MR) is 107 cm³/mol. The summed E-state index contributed by atoms with van der Waals surface area (Å²) in [5.41, 5.74) is 0.753. The number of anilines is 1. The van der Waals surface area contributed by atoms with Crippen molar-refractivity contribution in [3.8, 4) is 5.75 Å². The standard InChI is InChI=1S/C22H35NO3/c1-25-21-16-11-10-15-20(21)23-22(24)17-9-7-5-3-2-4-6-8-13-19-14-12-18-26-19/h10-11,15-16,19H,2-9,12-14,17-18H2,1H3,(H,23,24)/t19-/m0/s1. The normalized spacial score (nSPS) is 16.6. The fraction of sp³-hybridized carbons (Fsp3) is 0.682. The number of ether oxygens (including phenoxy) is 2. The van der Waals surface area contributed by atoms with Gasteiger partial charge in [-0.3, -0.25) is 4.79 Å². The molecule has 1 aliphatic heterocycles. The van der Waals surface area contributed by atoms with E-state index in [0.717, 1.165) is 25.1 Å². The number of carbonyl (C=O) groups excluding carboxylic acids is 1. The van der Waals surface area contributed by atoms with Crippen molar-refractivity contribution in [3.63, 3.8) is 0 Å². The van der Waals surface area contributed by atoms with E-state index < -0.39 is 0 Å². The van der Waals surface area contributed by atoms with Crippen molar-refractivity contribution in [1.29, 1.82) is 0 Å². The molecule has 1 aromatic rings. The Morgan fingerprint density at radius 1 is 1.08 bits per heavy atom. The van der Waals surface area contributed by atoms with Crippen molar-refractivity contribution >= 4 is 11.6 Å². The van der Waals surface area contributed by atoms with Crippen LogP contribution in [0.25, 0.3) is 0 Å². The van der Waals surface area contributed by atoms with Gasteiger partial charge < -0.3 is 14.8 Å². The summed E-state index contributed by atoms with van der Waals surface area (Å²) in [6.45, 7) is 0.974. The van der Waals surface area contributed by atoms with Crippen molar-refractivity contribution in [1.82, 2.24) is 0 Å². The van der Waals surface area contributed by atoms with Crippen molar-refractivity contribution in [2.45, 2.75) is 83.2 Å². The number of rotatable bonds is 13. The van der Waals surface area contributed by atoms with Crippen LogP contribution in [-0.4, -0.2) is 25.7 Å². The average molecular weight is 362 g/mol. The van der Waals surface area contributed by atoms with Crippen molar-refractivity contribution in [2.24, 2.45) is 0 Å². The number of benzene rings is 1. The predicted octanol–water partition coefficient (Wildman–Crippen LogP) is 5.71. The van der Waals surface area contributed by atoms with Gasteiger partial charge in [-0.1, -0.05) is 57.1 Å². The third kappa shape index (κ3) is 8.22. The first-order chi connectivity index (χ1) is 12.8. The van der Waals surface area contributed by atoms with Gasteiger partial charge in [0.25, 0.3) is 0 Å². The quantitative estimate of drug-likeness (QED) is 0.458. The fourth-order valence-electron chi connectivity index (χ4n) is 3.55. The summed E-state index contributed by atoms with van der Waals surface area (Å²) in [5, 5.41) is 2.94. The molecule has 1 fully saturated rings. The van der Waals surface area contributed by atoms with Crippen LogP contribution in [0.2, 0.25) is 0 Å². The van der Waals surface area contributed by atoms with Gasteiger partial charge >= 0.3 is 0 Å². The average Bonchev–Trinajstić information content (AvgIpc) is 3.17. The largest absolute Gasteiger partial charge is 0.495 e. The monoisotopic (exact) mass is 361 g/mol. The van der Waals surface area contributed by atoms with Gasteiger partial charge in [-0.05, 0) is 37.8 Å². The summed E-state index contributed by atoms with van der Waals surface area (Å²) in [6.07, 6.45) is 14.8. The SMILES string of the molecule is COc1ccccc1NC(=O)CCCCCCCCCC[C@H]1CCCO1. The number of nitrogens with one attached hydrogen (secondary N) is 1. The van der Waals surface area contributed by atoms with E-state index in [1.807, 2.05) is 24.3 Å². The van der Waals surface area contributed by atoms with Gasteiger partial charge in [0.05, 0.1) is 18.9 Å². The van der Waals surface area contributed by atoms with E-state index in [0.29, 0.717) is 18.3 Å².